The number of esters is 1. The molecule has 0 spiro atoms. The highest BCUT2D eigenvalue weighted by molar-refractivity contribution is 5.89. The van der Waals surface area contributed by atoms with Gasteiger partial charge in [0, 0.05) is 5.56 Å². The second kappa shape index (κ2) is 9.25. The van der Waals surface area contributed by atoms with Gasteiger partial charge in [0.1, 0.15) is 42.2 Å². The first kappa shape index (κ1) is 20.4. The first-order valence-corrected chi connectivity index (χ1v) is 8.89. The van der Waals surface area contributed by atoms with Gasteiger partial charge in [-0.1, -0.05) is 6.07 Å². The minimum Gasteiger partial charge on any atom is -0.490 e. The van der Waals surface area contributed by atoms with E-state index in [4.69, 9.17) is 20.9 Å². The molecule has 0 saturated carbocycles. The van der Waals surface area contributed by atoms with Crippen LogP contribution in [0.15, 0.2) is 48.5 Å². The lowest BCUT2D eigenvalue weighted by molar-refractivity contribution is 0.0600. The molecule has 9 heteroatoms. The Hall–Kier alpha value is -4.32. The van der Waals surface area contributed by atoms with Gasteiger partial charge < -0.3 is 25.7 Å². The topological polar surface area (TPSA) is 146 Å². The van der Waals surface area contributed by atoms with Crippen molar-refractivity contribution in [2.45, 2.75) is 0 Å². The van der Waals surface area contributed by atoms with Crippen molar-refractivity contribution in [3.63, 3.8) is 0 Å². The van der Waals surface area contributed by atoms with Gasteiger partial charge in [0.15, 0.2) is 0 Å². The van der Waals surface area contributed by atoms with Crippen molar-refractivity contribution in [3.8, 4) is 28.8 Å². The molecule has 0 aliphatic carbocycles. The minimum atomic E-state index is -0.427. The number of hydrogen-bond donors (Lipinski definition) is 2. The summed E-state index contributed by atoms with van der Waals surface area (Å²) in [6.07, 6.45) is 0. The van der Waals surface area contributed by atoms with E-state index in [2.05, 4.69) is 14.7 Å². The van der Waals surface area contributed by atoms with Crippen LogP contribution in [-0.2, 0) is 4.74 Å². The Labute approximate surface area is 172 Å². The molecule has 1 heterocycles. The van der Waals surface area contributed by atoms with Crippen LogP contribution in [-0.4, -0.2) is 36.3 Å². The van der Waals surface area contributed by atoms with E-state index in [0.717, 1.165) is 0 Å². The van der Waals surface area contributed by atoms with E-state index in [1.807, 2.05) is 6.07 Å². The third kappa shape index (κ3) is 4.74. The number of nitrogens with zero attached hydrogens (tertiary/aromatic N) is 3. The molecule has 1 aromatic heterocycles. The molecule has 0 unspecified atom stereocenters. The summed E-state index contributed by atoms with van der Waals surface area (Å²) in [6, 6.07) is 15.7. The predicted octanol–water partition coefficient (Wildman–Crippen LogP) is 2.42. The molecule has 3 rings (SSSR count). The van der Waals surface area contributed by atoms with Gasteiger partial charge in [-0.05, 0) is 42.5 Å². The second-order valence-electron chi connectivity index (χ2n) is 6.04. The van der Waals surface area contributed by atoms with Crippen LogP contribution in [0, 0.1) is 11.3 Å². The Morgan fingerprint density at radius 2 is 1.73 bits per heavy atom. The van der Waals surface area contributed by atoms with Gasteiger partial charge in [0.05, 0.1) is 18.4 Å². The molecule has 9 nitrogen and oxygen atoms in total. The first-order chi connectivity index (χ1) is 14.5. The molecule has 3 aromatic rings. The summed E-state index contributed by atoms with van der Waals surface area (Å²) in [4.78, 5) is 19.5. The molecule has 0 fully saturated rings. The van der Waals surface area contributed by atoms with Gasteiger partial charge in [-0.3, -0.25) is 0 Å². The van der Waals surface area contributed by atoms with E-state index in [1.54, 1.807) is 48.5 Å². The highest BCUT2D eigenvalue weighted by Gasteiger charge is 2.13. The summed E-state index contributed by atoms with van der Waals surface area (Å²) in [5, 5.41) is 9.29. The molecule has 0 amide bonds. The highest BCUT2D eigenvalue weighted by atomic mass is 16.5. The SMILES string of the molecule is COC(=O)c1cccc(OCCOc2ccc(-c3nc(N)nc(N)c3C#N)cc2)c1. The van der Waals surface area contributed by atoms with Crippen molar-refractivity contribution in [3.05, 3.63) is 59.7 Å². The lowest BCUT2D eigenvalue weighted by Crippen LogP contribution is -2.09. The number of aromatic nitrogens is 2. The number of carbonyl (C=O) groups excluding carboxylic acids is 1. The van der Waals surface area contributed by atoms with E-state index >= 15 is 0 Å². The summed E-state index contributed by atoms with van der Waals surface area (Å²) >= 11 is 0. The minimum absolute atomic E-state index is 0.00440. The Kier molecular flexibility index (Phi) is 6.29. The molecule has 0 radical (unpaired) electrons. The molecule has 0 saturated heterocycles. The number of hydrogen-bond acceptors (Lipinski definition) is 9. The van der Waals surface area contributed by atoms with E-state index in [9.17, 15) is 10.1 Å². The van der Waals surface area contributed by atoms with Crippen LogP contribution in [0.1, 0.15) is 15.9 Å². The third-order valence-electron chi connectivity index (χ3n) is 4.07. The standard InChI is InChI=1S/C21H19N5O4/c1-28-20(27)14-3-2-4-16(11-14)30-10-9-29-15-7-5-13(6-8-15)18-17(12-22)19(23)26-21(24)25-18/h2-8,11H,9-10H2,1H3,(H4,23,24,25,26). The summed E-state index contributed by atoms with van der Waals surface area (Å²) in [6.45, 7) is 0.572. The number of nitriles is 1. The van der Waals surface area contributed by atoms with Gasteiger partial charge in [-0.25, -0.2) is 9.78 Å². The van der Waals surface area contributed by atoms with Crippen molar-refractivity contribution in [1.82, 2.24) is 9.97 Å². The molecule has 0 atom stereocenters. The Bertz CT molecular complexity index is 1090. The molecule has 30 heavy (non-hydrogen) atoms. The largest absolute Gasteiger partial charge is 0.490 e. The van der Waals surface area contributed by atoms with Gasteiger partial charge in [-0.2, -0.15) is 10.2 Å². The molecular formula is C21H19N5O4. The fourth-order valence-electron chi connectivity index (χ4n) is 2.67. The number of rotatable bonds is 7. The van der Waals surface area contributed by atoms with Crippen LogP contribution in [0.4, 0.5) is 11.8 Å². The molecule has 0 aliphatic heterocycles. The zero-order valence-corrected chi connectivity index (χ0v) is 16.2. The number of nitrogen functional groups attached to an aromatic ring is 2. The number of anilines is 2. The van der Waals surface area contributed by atoms with Crippen molar-refractivity contribution in [2.75, 3.05) is 31.8 Å². The number of nitrogens with two attached hydrogens (primary N) is 2. The third-order valence-corrected chi connectivity index (χ3v) is 4.07. The molecule has 4 N–H and O–H groups in total. The number of carbonyl (C=O) groups is 1. The molecule has 152 valence electrons. The number of ether oxygens (including phenoxy) is 3. The zero-order chi connectivity index (χ0) is 21.5. The van der Waals surface area contributed by atoms with Crippen LogP contribution in [0.5, 0.6) is 11.5 Å². The maximum absolute atomic E-state index is 11.5. The Balaban J connectivity index is 1.59. The van der Waals surface area contributed by atoms with E-state index in [0.29, 0.717) is 34.9 Å². The van der Waals surface area contributed by atoms with Crippen LogP contribution >= 0.6 is 0 Å². The zero-order valence-electron chi connectivity index (χ0n) is 16.2. The van der Waals surface area contributed by atoms with Crippen molar-refractivity contribution in [1.29, 1.82) is 5.26 Å². The smallest absolute Gasteiger partial charge is 0.337 e. The molecule has 2 aromatic carbocycles. The van der Waals surface area contributed by atoms with Crippen LogP contribution in [0.2, 0.25) is 0 Å². The van der Waals surface area contributed by atoms with Gasteiger partial charge >= 0.3 is 5.97 Å². The van der Waals surface area contributed by atoms with Crippen LogP contribution < -0.4 is 20.9 Å². The van der Waals surface area contributed by atoms with Crippen LogP contribution in [0.25, 0.3) is 11.3 Å². The second-order valence-corrected chi connectivity index (χ2v) is 6.04. The summed E-state index contributed by atoms with van der Waals surface area (Å²) < 4.78 is 15.9. The van der Waals surface area contributed by atoms with Crippen molar-refractivity contribution < 1.29 is 19.0 Å². The maximum Gasteiger partial charge on any atom is 0.337 e. The maximum atomic E-state index is 11.5. The Morgan fingerprint density at radius 1 is 1.03 bits per heavy atom. The summed E-state index contributed by atoms with van der Waals surface area (Å²) in [5.74, 6) is 0.756. The fourth-order valence-corrected chi connectivity index (χ4v) is 2.67. The van der Waals surface area contributed by atoms with Gasteiger partial charge in [-0.15, -0.1) is 0 Å². The van der Waals surface area contributed by atoms with Crippen molar-refractivity contribution in [2.24, 2.45) is 0 Å². The number of benzene rings is 2. The fraction of sp³-hybridized carbons (Fsp3) is 0.143. The Morgan fingerprint density at radius 3 is 2.40 bits per heavy atom. The average Bonchev–Trinajstić information content (AvgIpc) is 2.76. The average molecular weight is 405 g/mol. The quantitative estimate of drug-likeness (QED) is 0.447. The lowest BCUT2D eigenvalue weighted by Gasteiger charge is -2.10. The number of methoxy groups -OCH3 is 1. The highest BCUT2D eigenvalue weighted by Crippen LogP contribution is 2.27. The molecular weight excluding hydrogens is 386 g/mol. The van der Waals surface area contributed by atoms with E-state index < -0.39 is 5.97 Å². The van der Waals surface area contributed by atoms with Crippen molar-refractivity contribution >= 4 is 17.7 Å². The normalized spacial score (nSPS) is 10.1. The van der Waals surface area contributed by atoms with Crippen LogP contribution in [0.3, 0.4) is 0 Å². The lowest BCUT2D eigenvalue weighted by atomic mass is 10.1. The first-order valence-electron chi connectivity index (χ1n) is 8.89. The molecule has 0 bridgehead atoms. The summed E-state index contributed by atoms with van der Waals surface area (Å²) in [5.41, 5.74) is 13.0. The predicted molar refractivity (Wildman–Crippen MR) is 110 cm³/mol. The van der Waals surface area contributed by atoms with Gasteiger partial charge in [0.2, 0.25) is 5.95 Å². The monoisotopic (exact) mass is 405 g/mol. The summed E-state index contributed by atoms with van der Waals surface area (Å²) in [7, 11) is 1.32. The van der Waals surface area contributed by atoms with E-state index in [1.165, 1.54) is 7.11 Å². The van der Waals surface area contributed by atoms with Gasteiger partial charge in [0.25, 0.3) is 0 Å². The molecule has 0 aliphatic rings. The van der Waals surface area contributed by atoms with E-state index in [-0.39, 0.29) is 23.9 Å².